The maximum absolute atomic E-state index is 12.3. The van der Waals surface area contributed by atoms with Crippen molar-refractivity contribution in [1.29, 1.82) is 0 Å². The molecule has 0 fully saturated rings. The molecule has 128 valence electrons. The Bertz CT molecular complexity index is 656. The molecule has 0 aromatic heterocycles. The van der Waals surface area contributed by atoms with Crippen LogP contribution in [0.2, 0.25) is 0 Å². The third-order valence-corrected chi connectivity index (χ3v) is 3.61. The van der Waals surface area contributed by atoms with Gasteiger partial charge in [-0.15, -0.1) is 0 Å². The van der Waals surface area contributed by atoms with Crippen LogP contribution < -0.4 is 5.32 Å². The molecule has 1 heterocycles. The maximum atomic E-state index is 12.3. The van der Waals surface area contributed by atoms with Gasteiger partial charge in [0, 0.05) is 18.7 Å². The van der Waals surface area contributed by atoms with Crippen molar-refractivity contribution in [1.82, 2.24) is 10.2 Å². The number of amides is 3. The maximum Gasteiger partial charge on any atom is 0.308 e. The lowest BCUT2D eigenvalue weighted by Gasteiger charge is -2.26. The zero-order chi connectivity index (χ0) is 17.5. The van der Waals surface area contributed by atoms with Gasteiger partial charge in [0.05, 0.1) is 12.8 Å². The van der Waals surface area contributed by atoms with E-state index in [4.69, 9.17) is 4.74 Å². The molecule has 0 aliphatic carbocycles. The van der Waals surface area contributed by atoms with Crippen molar-refractivity contribution in [3.8, 4) is 0 Å². The quantitative estimate of drug-likeness (QED) is 0.585. The molecule has 1 N–H and O–H groups in total. The summed E-state index contributed by atoms with van der Waals surface area (Å²) in [7, 11) is 0. The van der Waals surface area contributed by atoms with Crippen molar-refractivity contribution in [2.45, 2.75) is 26.2 Å². The predicted molar refractivity (Wildman–Crippen MR) is 85.1 cm³/mol. The first-order valence-corrected chi connectivity index (χ1v) is 7.87. The minimum atomic E-state index is -0.624. The highest BCUT2D eigenvalue weighted by Gasteiger charge is 2.30. The Morgan fingerprint density at radius 1 is 1.25 bits per heavy atom. The first kappa shape index (κ1) is 17.7. The van der Waals surface area contributed by atoms with Crippen LogP contribution in [0.25, 0.3) is 0 Å². The molecule has 1 aliphatic heterocycles. The number of nitrogens with one attached hydrogen (secondary N) is 1. The average Bonchev–Trinajstić information content (AvgIpc) is 2.57. The zero-order valence-electron chi connectivity index (χ0n) is 13.5. The highest BCUT2D eigenvalue weighted by Crippen LogP contribution is 2.19. The van der Waals surface area contributed by atoms with Crippen LogP contribution in [-0.2, 0) is 25.5 Å². The molecule has 0 bridgehead atoms. The van der Waals surface area contributed by atoms with Gasteiger partial charge < -0.3 is 10.1 Å². The van der Waals surface area contributed by atoms with E-state index in [1.54, 1.807) is 24.3 Å². The fourth-order valence-electron chi connectivity index (χ4n) is 2.36. The van der Waals surface area contributed by atoms with Crippen molar-refractivity contribution >= 4 is 23.7 Å². The number of carbonyl (C=O) groups excluding carboxylic acids is 4. The summed E-state index contributed by atoms with van der Waals surface area (Å²) in [6.07, 6.45) is 0.789. The Labute approximate surface area is 140 Å². The van der Waals surface area contributed by atoms with E-state index in [1.165, 1.54) is 0 Å². The average molecular weight is 332 g/mol. The van der Waals surface area contributed by atoms with Crippen LogP contribution in [0.4, 0.5) is 0 Å². The summed E-state index contributed by atoms with van der Waals surface area (Å²) in [5.41, 5.74) is 1.17. The molecule has 0 unspecified atom stereocenters. The molecule has 3 amide bonds. The molecular formula is C17H20N2O5. The van der Waals surface area contributed by atoms with Crippen LogP contribution in [0.15, 0.2) is 24.3 Å². The summed E-state index contributed by atoms with van der Waals surface area (Å²) in [4.78, 5) is 48.4. The van der Waals surface area contributed by atoms with Crippen molar-refractivity contribution < 1.29 is 23.9 Å². The lowest BCUT2D eigenvalue weighted by atomic mass is 9.98. The number of rotatable bonds is 7. The monoisotopic (exact) mass is 332 g/mol. The summed E-state index contributed by atoms with van der Waals surface area (Å²) >= 11 is 0. The van der Waals surface area contributed by atoms with Crippen molar-refractivity contribution in [3.05, 3.63) is 35.4 Å². The van der Waals surface area contributed by atoms with Gasteiger partial charge in [0.25, 0.3) is 11.8 Å². The van der Waals surface area contributed by atoms with Crippen molar-refractivity contribution in [3.63, 3.8) is 0 Å². The van der Waals surface area contributed by atoms with Crippen molar-refractivity contribution in [2.24, 2.45) is 0 Å². The first-order valence-electron chi connectivity index (χ1n) is 7.87. The van der Waals surface area contributed by atoms with Crippen LogP contribution in [0.1, 0.15) is 35.7 Å². The van der Waals surface area contributed by atoms with Gasteiger partial charge in [-0.2, -0.15) is 0 Å². The molecule has 1 aromatic carbocycles. The summed E-state index contributed by atoms with van der Waals surface area (Å²) in [6.45, 7) is 2.02. The fourth-order valence-corrected chi connectivity index (χ4v) is 2.36. The molecule has 0 radical (unpaired) electrons. The molecule has 0 saturated heterocycles. The van der Waals surface area contributed by atoms with E-state index in [1.807, 2.05) is 6.92 Å². The van der Waals surface area contributed by atoms with Crippen LogP contribution in [0.5, 0.6) is 0 Å². The van der Waals surface area contributed by atoms with E-state index in [-0.39, 0.29) is 37.8 Å². The lowest BCUT2D eigenvalue weighted by molar-refractivity contribution is -0.149. The number of benzene rings is 1. The number of ether oxygens (including phenoxy) is 1. The van der Waals surface area contributed by atoms with E-state index in [0.29, 0.717) is 17.7 Å². The summed E-state index contributed by atoms with van der Waals surface area (Å²) in [6, 6.07) is 6.91. The Hall–Kier alpha value is -2.70. The molecular weight excluding hydrogens is 312 g/mol. The number of esters is 1. The third kappa shape index (κ3) is 4.41. The number of hydrogen-bond donors (Lipinski definition) is 1. The molecule has 0 saturated carbocycles. The van der Waals surface area contributed by atoms with Crippen molar-refractivity contribution in [2.75, 3.05) is 19.7 Å². The minimum absolute atomic E-state index is 0.0542. The second kappa shape index (κ2) is 8.24. The van der Waals surface area contributed by atoms with E-state index in [9.17, 15) is 19.2 Å². The van der Waals surface area contributed by atoms with Crippen LogP contribution in [0, 0.1) is 0 Å². The van der Waals surface area contributed by atoms with Gasteiger partial charge in [-0.3, -0.25) is 24.1 Å². The normalized spacial score (nSPS) is 13.5. The summed E-state index contributed by atoms with van der Waals surface area (Å²) < 4.78 is 4.83. The second-order valence-corrected chi connectivity index (χ2v) is 5.45. The van der Waals surface area contributed by atoms with Crippen LogP contribution in [-0.4, -0.2) is 48.3 Å². The van der Waals surface area contributed by atoms with E-state index >= 15 is 0 Å². The highest BCUT2D eigenvalue weighted by molar-refractivity contribution is 6.09. The first-order chi connectivity index (χ1) is 11.5. The molecule has 2 rings (SSSR count). The van der Waals surface area contributed by atoms with Gasteiger partial charge >= 0.3 is 5.97 Å². The molecule has 7 heteroatoms. The molecule has 0 spiro atoms. The molecule has 1 aliphatic rings. The topological polar surface area (TPSA) is 92.8 Å². The number of hydrogen-bond acceptors (Lipinski definition) is 5. The largest absolute Gasteiger partial charge is 0.456 e. The second-order valence-electron chi connectivity index (χ2n) is 5.45. The number of carbonyl (C=O) groups is 4. The minimum Gasteiger partial charge on any atom is -0.456 e. The Morgan fingerprint density at radius 3 is 2.75 bits per heavy atom. The van der Waals surface area contributed by atoms with Gasteiger partial charge in [-0.1, -0.05) is 25.1 Å². The zero-order valence-corrected chi connectivity index (χ0v) is 13.5. The van der Waals surface area contributed by atoms with E-state index in [0.717, 1.165) is 11.3 Å². The van der Waals surface area contributed by atoms with Gasteiger partial charge in [0.15, 0.2) is 6.61 Å². The van der Waals surface area contributed by atoms with Gasteiger partial charge in [-0.05, 0) is 18.1 Å². The molecule has 24 heavy (non-hydrogen) atoms. The molecule has 1 aromatic rings. The highest BCUT2D eigenvalue weighted by atomic mass is 16.5. The van der Waals surface area contributed by atoms with E-state index < -0.39 is 11.9 Å². The van der Waals surface area contributed by atoms with E-state index in [2.05, 4.69) is 5.32 Å². The van der Waals surface area contributed by atoms with Gasteiger partial charge in [0.2, 0.25) is 5.91 Å². The fraction of sp³-hybridized carbons (Fsp3) is 0.412. The van der Waals surface area contributed by atoms with Gasteiger partial charge in [-0.25, -0.2) is 0 Å². The SMILES string of the molecule is CCCNC(=O)COC(=O)CCN1C(=O)Cc2ccccc2C1=O. The number of fused-ring (bicyclic) bond motifs is 1. The Balaban J connectivity index is 1.84. The summed E-state index contributed by atoms with van der Waals surface area (Å²) in [5, 5.41) is 2.58. The summed E-state index contributed by atoms with van der Waals surface area (Å²) in [5.74, 6) is -1.74. The Kier molecular flexibility index (Phi) is 6.06. The standard InChI is InChI=1S/C17H20N2O5/c1-2-8-18-14(20)11-24-16(22)7-9-19-15(21)10-12-5-3-4-6-13(12)17(19)23/h3-6H,2,7-11H2,1H3,(H,18,20). The molecule has 0 atom stereocenters. The predicted octanol–water partition coefficient (Wildman–Crippen LogP) is 0.671. The molecule has 7 nitrogen and oxygen atoms in total. The number of nitrogens with zero attached hydrogens (tertiary/aromatic N) is 1. The number of imide groups is 1. The lowest BCUT2D eigenvalue weighted by Crippen LogP contribution is -2.43. The Morgan fingerprint density at radius 2 is 2.00 bits per heavy atom. The van der Waals surface area contributed by atoms with Crippen LogP contribution in [0.3, 0.4) is 0 Å². The van der Waals surface area contributed by atoms with Gasteiger partial charge in [0.1, 0.15) is 0 Å². The smallest absolute Gasteiger partial charge is 0.308 e. The van der Waals surface area contributed by atoms with Crippen LogP contribution >= 0.6 is 0 Å². The third-order valence-electron chi connectivity index (χ3n) is 3.61.